The zero-order chi connectivity index (χ0) is 15.5. The van der Waals surface area contributed by atoms with Gasteiger partial charge in [-0.3, -0.25) is 4.79 Å². The monoisotopic (exact) mass is 332 g/mol. The normalized spacial score (nSPS) is 10.5. The third kappa shape index (κ3) is 3.30. The fraction of sp³-hybridized carbons (Fsp3) is 0. The zero-order valence-electron chi connectivity index (χ0n) is 11.2. The summed E-state index contributed by atoms with van der Waals surface area (Å²) in [5.74, 6) is -0.270. The number of rotatable bonds is 3. The lowest BCUT2D eigenvalue weighted by Crippen LogP contribution is -2.10. The first kappa shape index (κ1) is 14.6. The van der Waals surface area contributed by atoms with E-state index in [9.17, 15) is 4.79 Å². The van der Waals surface area contributed by atoms with Crippen molar-refractivity contribution in [2.45, 2.75) is 0 Å². The van der Waals surface area contributed by atoms with Crippen LogP contribution >= 0.6 is 23.2 Å². The molecule has 0 bridgehead atoms. The molecular weight excluding hydrogens is 323 g/mol. The van der Waals surface area contributed by atoms with E-state index in [2.05, 4.69) is 10.5 Å². The molecule has 1 amide bonds. The Morgan fingerprint density at radius 3 is 2.50 bits per heavy atom. The fourth-order valence-electron chi connectivity index (χ4n) is 1.89. The molecule has 0 radical (unpaired) electrons. The van der Waals surface area contributed by atoms with Crippen molar-refractivity contribution in [3.8, 4) is 11.3 Å². The molecule has 0 aliphatic heterocycles. The van der Waals surface area contributed by atoms with Gasteiger partial charge in [-0.05, 0) is 36.4 Å². The van der Waals surface area contributed by atoms with Gasteiger partial charge in [0.2, 0.25) is 5.76 Å². The van der Waals surface area contributed by atoms with Gasteiger partial charge < -0.3 is 9.84 Å². The highest BCUT2D eigenvalue weighted by Crippen LogP contribution is 2.23. The molecule has 110 valence electrons. The van der Waals surface area contributed by atoms with Crippen LogP contribution in [0.5, 0.6) is 0 Å². The number of anilines is 1. The van der Waals surface area contributed by atoms with Crippen molar-refractivity contribution in [2.24, 2.45) is 0 Å². The van der Waals surface area contributed by atoms with Crippen LogP contribution in [-0.4, -0.2) is 11.1 Å². The van der Waals surface area contributed by atoms with E-state index in [0.717, 1.165) is 5.56 Å². The second kappa shape index (κ2) is 6.22. The largest absolute Gasteiger partial charge is 0.350 e. The number of carbonyl (C=O) groups is 1. The molecule has 1 N–H and O–H groups in total. The van der Waals surface area contributed by atoms with E-state index in [0.29, 0.717) is 21.4 Å². The topological polar surface area (TPSA) is 55.1 Å². The van der Waals surface area contributed by atoms with E-state index in [1.54, 1.807) is 48.5 Å². The summed E-state index contributed by atoms with van der Waals surface area (Å²) in [4.78, 5) is 12.1. The van der Waals surface area contributed by atoms with Crippen molar-refractivity contribution in [2.75, 3.05) is 5.32 Å². The Bertz CT molecular complexity index is 813. The SMILES string of the molecule is O=C(Nc1ccc(Cl)cc1)c1cc(-c2cccc(Cl)c2)no1. The van der Waals surface area contributed by atoms with Crippen molar-refractivity contribution in [3.05, 3.63) is 70.4 Å². The molecule has 0 saturated carbocycles. The summed E-state index contributed by atoms with van der Waals surface area (Å²) in [7, 11) is 0. The summed E-state index contributed by atoms with van der Waals surface area (Å²) in [5.41, 5.74) is 1.95. The number of benzene rings is 2. The number of amides is 1. The van der Waals surface area contributed by atoms with Crippen LogP contribution in [0, 0.1) is 0 Å². The summed E-state index contributed by atoms with van der Waals surface area (Å²) in [6, 6.07) is 15.5. The molecule has 0 saturated heterocycles. The van der Waals surface area contributed by atoms with Crippen LogP contribution in [0.25, 0.3) is 11.3 Å². The van der Waals surface area contributed by atoms with E-state index in [1.165, 1.54) is 0 Å². The number of halogens is 2. The molecule has 1 aromatic heterocycles. The first-order valence-electron chi connectivity index (χ1n) is 6.41. The van der Waals surface area contributed by atoms with Crippen molar-refractivity contribution in [1.82, 2.24) is 5.16 Å². The number of nitrogens with zero attached hydrogens (tertiary/aromatic N) is 1. The molecule has 22 heavy (non-hydrogen) atoms. The Hall–Kier alpha value is -2.30. The van der Waals surface area contributed by atoms with Gasteiger partial charge in [0, 0.05) is 27.4 Å². The van der Waals surface area contributed by atoms with Crippen LogP contribution < -0.4 is 5.32 Å². The maximum absolute atomic E-state index is 12.1. The summed E-state index contributed by atoms with van der Waals surface area (Å²) >= 11 is 11.7. The third-order valence-electron chi connectivity index (χ3n) is 2.96. The highest BCUT2D eigenvalue weighted by molar-refractivity contribution is 6.31. The molecule has 1 heterocycles. The number of carbonyl (C=O) groups excluding carboxylic acids is 1. The molecule has 0 unspecified atom stereocenters. The van der Waals surface area contributed by atoms with Crippen molar-refractivity contribution in [1.29, 1.82) is 0 Å². The van der Waals surface area contributed by atoms with Crippen molar-refractivity contribution < 1.29 is 9.32 Å². The van der Waals surface area contributed by atoms with Crippen molar-refractivity contribution >= 4 is 34.8 Å². The lowest BCUT2D eigenvalue weighted by molar-refractivity contribution is 0.0988. The van der Waals surface area contributed by atoms with Crippen LogP contribution in [0.15, 0.2) is 59.1 Å². The molecular formula is C16H10Cl2N2O2. The Labute approximate surface area is 136 Å². The maximum atomic E-state index is 12.1. The Morgan fingerprint density at radius 2 is 1.77 bits per heavy atom. The highest BCUT2D eigenvalue weighted by Gasteiger charge is 2.14. The summed E-state index contributed by atoms with van der Waals surface area (Å²) in [6.45, 7) is 0. The second-order valence-corrected chi connectivity index (χ2v) is 5.42. The van der Waals surface area contributed by atoms with Gasteiger partial charge in [0.25, 0.3) is 5.91 Å². The average molecular weight is 333 g/mol. The Balaban J connectivity index is 1.78. The van der Waals surface area contributed by atoms with Crippen LogP contribution in [0.4, 0.5) is 5.69 Å². The predicted molar refractivity (Wildman–Crippen MR) is 86.4 cm³/mol. The van der Waals surface area contributed by atoms with Gasteiger partial charge in [-0.15, -0.1) is 0 Å². The van der Waals surface area contributed by atoms with Gasteiger partial charge >= 0.3 is 0 Å². The second-order valence-electron chi connectivity index (χ2n) is 4.55. The fourth-order valence-corrected chi connectivity index (χ4v) is 2.21. The van der Waals surface area contributed by atoms with Crippen LogP contribution in [0.1, 0.15) is 10.6 Å². The number of aromatic nitrogens is 1. The molecule has 3 rings (SSSR count). The van der Waals surface area contributed by atoms with E-state index < -0.39 is 0 Å². The predicted octanol–water partition coefficient (Wildman–Crippen LogP) is 4.90. The van der Waals surface area contributed by atoms with Gasteiger partial charge in [-0.1, -0.05) is 40.5 Å². The highest BCUT2D eigenvalue weighted by atomic mass is 35.5. The van der Waals surface area contributed by atoms with Crippen LogP contribution in [-0.2, 0) is 0 Å². The minimum atomic E-state index is -0.386. The summed E-state index contributed by atoms with van der Waals surface area (Å²) in [5, 5.41) is 7.78. The zero-order valence-corrected chi connectivity index (χ0v) is 12.7. The Kier molecular flexibility index (Phi) is 4.13. The smallest absolute Gasteiger partial charge is 0.294 e. The molecule has 2 aromatic carbocycles. The molecule has 6 heteroatoms. The molecule has 0 aliphatic rings. The first-order valence-corrected chi connectivity index (χ1v) is 7.17. The quantitative estimate of drug-likeness (QED) is 0.742. The van der Waals surface area contributed by atoms with E-state index in [4.69, 9.17) is 27.7 Å². The average Bonchev–Trinajstić information content (AvgIpc) is 3.00. The summed E-state index contributed by atoms with van der Waals surface area (Å²) < 4.78 is 5.09. The summed E-state index contributed by atoms with van der Waals surface area (Å²) in [6.07, 6.45) is 0. The standard InChI is InChI=1S/C16H10Cl2N2O2/c17-11-4-6-13(7-5-11)19-16(21)15-9-14(20-22-15)10-2-1-3-12(18)8-10/h1-9H,(H,19,21). The first-order chi connectivity index (χ1) is 10.6. The molecule has 0 aliphatic carbocycles. The lowest BCUT2D eigenvalue weighted by Gasteiger charge is -2.01. The number of hydrogen-bond acceptors (Lipinski definition) is 3. The number of nitrogens with one attached hydrogen (secondary N) is 1. The van der Waals surface area contributed by atoms with E-state index in [1.807, 2.05) is 6.07 Å². The van der Waals surface area contributed by atoms with Gasteiger partial charge in [0.05, 0.1) is 0 Å². The van der Waals surface area contributed by atoms with Crippen LogP contribution in [0.3, 0.4) is 0 Å². The van der Waals surface area contributed by atoms with Gasteiger partial charge in [0.15, 0.2) is 0 Å². The molecule has 0 fully saturated rings. The molecule has 4 nitrogen and oxygen atoms in total. The maximum Gasteiger partial charge on any atom is 0.294 e. The molecule has 0 spiro atoms. The molecule has 3 aromatic rings. The number of hydrogen-bond donors (Lipinski definition) is 1. The lowest BCUT2D eigenvalue weighted by atomic mass is 10.1. The molecule has 0 atom stereocenters. The van der Waals surface area contributed by atoms with Gasteiger partial charge in [-0.2, -0.15) is 0 Å². The van der Waals surface area contributed by atoms with Gasteiger partial charge in [-0.25, -0.2) is 0 Å². The minimum absolute atomic E-state index is 0.116. The third-order valence-corrected chi connectivity index (χ3v) is 3.44. The Morgan fingerprint density at radius 1 is 1.00 bits per heavy atom. The van der Waals surface area contributed by atoms with Crippen molar-refractivity contribution in [3.63, 3.8) is 0 Å². The van der Waals surface area contributed by atoms with E-state index in [-0.39, 0.29) is 11.7 Å². The minimum Gasteiger partial charge on any atom is -0.350 e. The van der Waals surface area contributed by atoms with E-state index >= 15 is 0 Å². The van der Waals surface area contributed by atoms with Gasteiger partial charge in [0.1, 0.15) is 5.69 Å². The van der Waals surface area contributed by atoms with Crippen LogP contribution in [0.2, 0.25) is 10.0 Å².